The minimum absolute atomic E-state index is 0.00699. The highest BCUT2D eigenvalue weighted by Gasteiger charge is 2.53. The van der Waals surface area contributed by atoms with Crippen molar-refractivity contribution in [3.05, 3.63) is 53.9 Å². The fourth-order valence-electron chi connectivity index (χ4n) is 10.9. The van der Waals surface area contributed by atoms with Crippen LogP contribution in [0, 0.1) is 35.5 Å². The zero-order valence-electron chi connectivity index (χ0n) is 42.3. The van der Waals surface area contributed by atoms with Crippen LogP contribution in [0.25, 0.3) is 0 Å². The molecule has 0 spiro atoms. The lowest BCUT2D eigenvalue weighted by Crippen LogP contribution is -2.61. The second kappa shape index (κ2) is 25.8. The summed E-state index contributed by atoms with van der Waals surface area (Å²) in [6, 6.07) is -1.02. The molecular formula is C52H81N5O11. The first-order chi connectivity index (χ1) is 32.4. The van der Waals surface area contributed by atoms with E-state index in [-0.39, 0.29) is 54.1 Å². The van der Waals surface area contributed by atoms with Crippen LogP contribution in [0.4, 0.5) is 0 Å². The van der Waals surface area contributed by atoms with Crippen molar-refractivity contribution in [2.24, 2.45) is 35.5 Å². The normalized spacial score (nSPS) is 37.9. The molecule has 15 atom stereocenters. The highest BCUT2D eigenvalue weighted by Crippen LogP contribution is 2.39. The molecule has 68 heavy (non-hydrogen) atoms. The molecule has 4 aliphatic rings. The predicted molar refractivity (Wildman–Crippen MR) is 256 cm³/mol. The maximum atomic E-state index is 14.5. The summed E-state index contributed by atoms with van der Waals surface area (Å²) in [6.45, 7) is 13.6. The molecular weight excluding hydrogens is 871 g/mol. The Morgan fingerprint density at radius 1 is 0.853 bits per heavy atom. The quantitative estimate of drug-likeness (QED) is 0.163. The van der Waals surface area contributed by atoms with Crippen LogP contribution in [-0.2, 0) is 42.9 Å². The first-order valence-corrected chi connectivity index (χ1v) is 25.1. The number of aliphatic hydroxyl groups excluding tert-OH is 1. The number of aliphatic hydroxyl groups is 2. The number of cyclic esters (lactones) is 1. The van der Waals surface area contributed by atoms with Crippen molar-refractivity contribution in [2.45, 2.75) is 186 Å². The summed E-state index contributed by atoms with van der Waals surface area (Å²) in [5.41, 5.74) is 1.52. The molecule has 0 aromatic carbocycles. The van der Waals surface area contributed by atoms with E-state index >= 15 is 0 Å². The molecule has 1 aliphatic carbocycles. The molecule has 3 aliphatic heterocycles. The lowest BCUT2D eigenvalue weighted by Gasteiger charge is -2.42. The Morgan fingerprint density at radius 3 is 2.31 bits per heavy atom. The van der Waals surface area contributed by atoms with Crippen LogP contribution in [-0.4, -0.2) is 135 Å². The van der Waals surface area contributed by atoms with Gasteiger partial charge in [-0.2, -0.15) is 0 Å². The zero-order chi connectivity index (χ0) is 49.7. The molecule has 1 aromatic heterocycles. The number of ether oxygens (including phenoxy) is 5. The molecule has 0 radical (unpaired) electrons. The Kier molecular flexibility index (Phi) is 20.9. The van der Waals surface area contributed by atoms with Gasteiger partial charge in [0.2, 0.25) is 5.79 Å². The Labute approximate surface area is 404 Å². The Hall–Kier alpha value is -3.93. The average Bonchev–Trinajstić information content (AvgIpc) is 3.87. The summed E-state index contributed by atoms with van der Waals surface area (Å²) in [6.07, 6.45) is 17.2. The fraction of sp³-hybridized carbons (Fsp3) is 0.750. The topological polar surface area (TPSA) is 202 Å². The molecule has 380 valence electrons. The Balaban J connectivity index is 1.44. The number of nitrogens with zero attached hydrogens (tertiary/aromatic N) is 5. The number of rotatable bonds is 7. The lowest BCUT2D eigenvalue weighted by molar-refractivity contribution is -0.265. The summed E-state index contributed by atoms with van der Waals surface area (Å²) in [7, 11) is 4.75. The third-order valence-electron chi connectivity index (χ3n) is 15.2. The fourth-order valence-corrected chi connectivity index (χ4v) is 10.9. The smallest absolute Gasteiger partial charge is 0.329 e. The number of fused-ring (bicyclic) bond motifs is 3. The molecule has 5 rings (SSSR count). The van der Waals surface area contributed by atoms with E-state index in [1.165, 1.54) is 12.0 Å². The molecule has 1 unspecified atom stereocenters. The second-order valence-corrected chi connectivity index (χ2v) is 20.5. The first-order valence-electron chi connectivity index (χ1n) is 25.1. The molecule has 2 saturated heterocycles. The van der Waals surface area contributed by atoms with Crippen LogP contribution in [0.5, 0.6) is 0 Å². The third-order valence-corrected chi connectivity index (χ3v) is 15.2. The SMILES string of the molecule is CO[C@H]1C[C@@H]2CC[C@@H](C)[C@@](O)(O2)C(=O)C(=O)N2CCCC[C@H]2C(=O)O[C@H](C(C)C[C@@H]2CC[C@H](n3cnnn3)[C@H](OC)C2)CC[C@H](C)/C=C(\C)[C@@H](O)[C@@H](OC)C(=O)[C@H](C)C[C@H](C)/C=C/C=CC=C1C. The average molecular weight is 952 g/mol. The number of hydrogen-bond acceptors (Lipinski definition) is 14. The van der Waals surface area contributed by atoms with Gasteiger partial charge in [-0.05, 0) is 136 Å². The summed E-state index contributed by atoms with van der Waals surface area (Å²) in [5, 5.41) is 35.3. The predicted octanol–water partition coefficient (Wildman–Crippen LogP) is 6.87. The van der Waals surface area contributed by atoms with Crippen molar-refractivity contribution >= 4 is 23.4 Å². The van der Waals surface area contributed by atoms with Crippen LogP contribution in [0.3, 0.4) is 0 Å². The van der Waals surface area contributed by atoms with Crippen LogP contribution in [0.15, 0.2) is 53.9 Å². The largest absolute Gasteiger partial charge is 0.461 e. The molecule has 2 bridgehead atoms. The summed E-state index contributed by atoms with van der Waals surface area (Å²) in [4.78, 5) is 58.1. The minimum Gasteiger partial charge on any atom is -0.461 e. The zero-order valence-corrected chi connectivity index (χ0v) is 42.3. The number of Topliss-reactive ketones (excluding diaryl/α,β-unsaturated/α-hetero) is 2. The molecule has 2 N–H and O–H groups in total. The van der Waals surface area contributed by atoms with Gasteiger partial charge in [0.05, 0.1) is 24.4 Å². The van der Waals surface area contributed by atoms with Gasteiger partial charge in [0, 0.05) is 46.1 Å². The van der Waals surface area contributed by atoms with Crippen LogP contribution < -0.4 is 0 Å². The molecule has 16 heteroatoms. The molecule has 16 nitrogen and oxygen atoms in total. The van der Waals surface area contributed by atoms with Gasteiger partial charge in [-0.1, -0.05) is 71.1 Å². The van der Waals surface area contributed by atoms with E-state index < -0.39 is 65.9 Å². The van der Waals surface area contributed by atoms with Crippen molar-refractivity contribution in [1.82, 2.24) is 25.1 Å². The van der Waals surface area contributed by atoms with E-state index in [4.69, 9.17) is 23.7 Å². The van der Waals surface area contributed by atoms with Gasteiger partial charge in [-0.15, -0.1) is 5.10 Å². The summed E-state index contributed by atoms with van der Waals surface area (Å²) in [5.74, 6) is -6.05. The lowest BCUT2D eigenvalue weighted by atomic mass is 9.77. The van der Waals surface area contributed by atoms with E-state index in [0.717, 1.165) is 31.3 Å². The van der Waals surface area contributed by atoms with Gasteiger partial charge in [0.15, 0.2) is 5.78 Å². The van der Waals surface area contributed by atoms with Crippen molar-refractivity contribution in [1.29, 1.82) is 0 Å². The second-order valence-electron chi connectivity index (χ2n) is 20.5. The van der Waals surface area contributed by atoms with E-state index in [1.54, 1.807) is 39.1 Å². The summed E-state index contributed by atoms with van der Waals surface area (Å²) >= 11 is 0. The van der Waals surface area contributed by atoms with Gasteiger partial charge in [0.25, 0.3) is 11.7 Å². The molecule has 4 heterocycles. The van der Waals surface area contributed by atoms with E-state index in [2.05, 4.69) is 22.4 Å². The number of esters is 1. The maximum Gasteiger partial charge on any atom is 0.329 e. The Morgan fingerprint density at radius 2 is 1.62 bits per heavy atom. The van der Waals surface area contributed by atoms with E-state index in [1.807, 2.05) is 64.2 Å². The maximum absolute atomic E-state index is 14.5. The van der Waals surface area contributed by atoms with Gasteiger partial charge in [-0.25, -0.2) is 9.48 Å². The van der Waals surface area contributed by atoms with Crippen LogP contribution in [0.1, 0.15) is 138 Å². The van der Waals surface area contributed by atoms with Crippen molar-refractivity contribution in [2.75, 3.05) is 27.9 Å². The number of piperidine rings is 1. The van der Waals surface area contributed by atoms with Crippen LogP contribution in [0.2, 0.25) is 0 Å². The number of hydrogen-bond donors (Lipinski definition) is 2. The van der Waals surface area contributed by atoms with E-state index in [9.17, 15) is 29.4 Å². The van der Waals surface area contributed by atoms with Gasteiger partial charge >= 0.3 is 5.97 Å². The first kappa shape index (κ1) is 55.0. The molecule has 1 saturated carbocycles. The number of allylic oxidation sites excluding steroid dienone is 6. The molecule has 1 aromatic rings. The number of carbonyl (C=O) groups is 4. The van der Waals surface area contributed by atoms with Crippen molar-refractivity contribution in [3.63, 3.8) is 0 Å². The molecule has 1 amide bonds. The van der Waals surface area contributed by atoms with Gasteiger partial charge < -0.3 is 38.8 Å². The van der Waals surface area contributed by atoms with Gasteiger partial charge in [0.1, 0.15) is 30.7 Å². The molecule has 3 fully saturated rings. The van der Waals surface area contributed by atoms with Crippen LogP contribution >= 0.6 is 0 Å². The van der Waals surface area contributed by atoms with Crippen molar-refractivity contribution < 1.29 is 53.1 Å². The number of tetrazole rings is 1. The number of ketones is 2. The van der Waals surface area contributed by atoms with Crippen molar-refractivity contribution in [3.8, 4) is 0 Å². The number of methoxy groups -OCH3 is 3. The van der Waals surface area contributed by atoms with E-state index in [0.29, 0.717) is 63.4 Å². The van der Waals surface area contributed by atoms with Gasteiger partial charge in [-0.3, -0.25) is 14.4 Å². The minimum atomic E-state index is -2.38. The third kappa shape index (κ3) is 14.1. The summed E-state index contributed by atoms with van der Waals surface area (Å²) < 4.78 is 31.9. The Bertz CT molecular complexity index is 1940. The number of amides is 1. The number of carbonyl (C=O) groups excluding carboxylic acids is 4. The standard InChI is InChI=1S/C52H81N5O11/c1-32-16-12-11-13-17-34(3)44(64-8)30-40-22-20-38(7)52(63,68-40)49(60)50(61)56-25-15-14-18-42(56)51(62)67-43(24-19-33(2)27-37(6)47(59)48(66-10)46(58)36(5)26-32)35(4)28-39-21-23-41(45(29-39)65-9)57-31-53-54-55-57/h11-13,16-17,27,31-33,35-36,38-45,47-48,59,63H,14-15,18-26,28-30H2,1-10H3/b13-11?,16-12+,34-17?,37-27+/t32-,33+,35?,36-,38-,39+,40+,41+,42+,43+,44+,45-,47-,48+,52-/m1/s1. The highest BCUT2D eigenvalue weighted by molar-refractivity contribution is 6.39. The monoisotopic (exact) mass is 952 g/mol. The number of aromatic nitrogens is 4. The highest BCUT2D eigenvalue weighted by atomic mass is 16.6.